The van der Waals surface area contributed by atoms with Gasteiger partial charge in [-0.2, -0.15) is 0 Å². The molecule has 1 aromatic rings. The lowest BCUT2D eigenvalue weighted by molar-refractivity contribution is 0.0371. The molecule has 1 aliphatic rings. The minimum absolute atomic E-state index is 0.207. The summed E-state index contributed by atoms with van der Waals surface area (Å²) in [5.74, 6) is 0.0433. The summed E-state index contributed by atoms with van der Waals surface area (Å²) in [7, 11) is 1.65. The highest BCUT2D eigenvalue weighted by atomic mass is 32.1. The van der Waals surface area contributed by atoms with E-state index in [2.05, 4.69) is 10.3 Å². The van der Waals surface area contributed by atoms with Crippen LogP contribution < -0.4 is 11.1 Å². The van der Waals surface area contributed by atoms with E-state index < -0.39 is 5.60 Å². The van der Waals surface area contributed by atoms with Crippen LogP contribution in [0, 0.1) is 0 Å². The number of rotatable bonds is 5. The highest BCUT2D eigenvalue weighted by Crippen LogP contribution is 2.31. The van der Waals surface area contributed by atoms with Gasteiger partial charge in [-0.05, 0) is 26.7 Å². The van der Waals surface area contributed by atoms with Gasteiger partial charge in [0.2, 0.25) is 0 Å². The Kier molecular flexibility index (Phi) is 3.69. The zero-order valence-electron chi connectivity index (χ0n) is 11.4. The number of aliphatic hydroxyl groups is 1. The van der Waals surface area contributed by atoms with Crippen molar-refractivity contribution in [2.75, 3.05) is 24.6 Å². The quantitative estimate of drug-likeness (QED) is 0.754. The smallest absolute Gasteiger partial charge is 0.267 e. The van der Waals surface area contributed by atoms with Gasteiger partial charge in [0.25, 0.3) is 5.91 Å². The minimum Gasteiger partial charge on any atom is -0.389 e. The molecule has 0 radical (unpaired) electrons. The Bertz CT molecular complexity index is 477. The molecule has 0 saturated heterocycles. The van der Waals surface area contributed by atoms with Gasteiger partial charge in [0.05, 0.1) is 5.60 Å². The second-order valence-electron chi connectivity index (χ2n) is 5.63. The Labute approximate surface area is 116 Å². The molecule has 6 nitrogen and oxygen atoms in total. The van der Waals surface area contributed by atoms with E-state index in [-0.39, 0.29) is 18.3 Å². The standard InChI is InChI=1S/C12H20N4O2S/c1-12(2,18)6-16(3)10(17)8-9(13)15-11(19-8)14-7-4-5-7/h7,18H,4-6,13H2,1-3H3,(H,14,15). The maximum Gasteiger partial charge on any atom is 0.267 e. The molecule has 19 heavy (non-hydrogen) atoms. The number of likely N-dealkylation sites (N-methyl/N-ethyl adjacent to an activating group) is 1. The molecule has 7 heteroatoms. The van der Waals surface area contributed by atoms with Crippen molar-refractivity contribution in [1.29, 1.82) is 0 Å². The molecule has 1 fully saturated rings. The number of thiazole rings is 1. The average Bonchev–Trinajstić information content (AvgIpc) is 2.98. The zero-order valence-corrected chi connectivity index (χ0v) is 12.3. The average molecular weight is 284 g/mol. The topological polar surface area (TPSA) is 91.5 Å². The molecular formula is C12H20N4O2S. The van der Waals surface area contributed by atoms with Crippen LogP contribution in [-0.4, -0.2) is 46.1 Å². The van der Waals surface area contributed by atoms with Crippen LogP contribution in [0.4, 0.5) is 10.9 Å². The van der Waals surface area contributed by atoms with E-state index in [0.29, 0.717) is 16.1 Å². The number of nitrogens with zero attached hydrogens (tertiary/aromatic N) is 2. The van der Waals surface area contributed by atoms with Gasteiger partial charge in [-0.15, -0.1) is 0 Å². The van der Waals surface area contributed by atoms with Gasteiger partial charge >= 0.3 is 0 Å². The van der Waals surface area contributed by atoms with Crippen molar-refractivity contribution in [2.24, 2.45) is 0 Å². The molecule has 4 N–H and O–H groups in total. The van der Waals surface area contributed by atoms with Gasteiger partial charge in [-0.1, -0.05) is 11.3 Å². The Morgan fingerprint density at radius 1 is 1.63 bits per heavy atom. The zero-order chi connectivity index (χ0) is 14.2. The third kappa shape index (κ3) is 3.81. The van der Waals surface area contributed by atoms with Crippen LogP contribution in [0.25, 0.3) is 0 Å². The monoisotopic (exact) mass is 284 g/mol. The molecule has 106 valence electrons. The van der Waals surface area contributed by atoms with E-state index in [0.717, 1.165) is 12.8 Å². The number of carbonyl (C=O) groups excluding carboxylic acids is 1. The third-order valence-electron chi connectivity index (χ3n) is 2.72. The summed E-state index contributed by atoms with van der Waals surface area (Å²) in [6.07, 6.45) is 2.28. The van der Waals surface area contributed by atoms with E-state index in [9.17, 15) is 9.90 Å². The second kappa shape index (κ2) is 4.97. The molecule has 1 saturated carbocycles. The Balaban J connectivity index is 2.07. The molecule has 1 aromatic heterocycles. The molecule has 1 heterocycles. The van der Waals surface area contributed by atoms with Gasteiger partial charge in [-0.3, -0.25) is 4.79 Å². The van der Waals surface area contributed by atoms with Gasteiger partial charge in [0.15, 0.2) is 5.13 Å². The third-order valence-corrected chi connectivity index (χ3v) is 3.71. The van der Waals surface area contributed by atoms with Crippen LogP contribution in [0.1, 0.15) is 36.4 Å². The molecular weight excluding hydrogens is 264 g/mol. The van der Waals surface area contributed by atoms with Crippen molar-refractivity contribution >= 4 is 28.2 Å². The van der Waals surface area contributed by atoms with E-state index in [1.165, 1.54) is 16.2 Å². The molecule has 1 aliphatic carbocycles. The number of hydrogen-bond acceptors (Lipinski definition) is 6. The van der Waals surface area contributed by atoms with Crippen LogP contribution in [0.15, 0.2) is 0 Å². The van der Waals surface area contributed by atoms with E-state index >= 15 is 0 Å². The van der Waals surface area contributed by atoms with Gasteiger partial charge in [0.1, 0.15) is 10.7 Å². The predicted molar refractivity (Wildman–Crippen MR) is 76.4 cm³/mol. The fourth-order valence-corrected chi connectivity index (χ4v) is 2.73. The summed E-state index contributed by atoms with van der Waals surface area (Å²) in [6.45, 7) is 3.56. The van der Waals surface area contributed by atoms with Crippen LogP contribution in [0.2, 0.25) is 0 Å². The van der Waals surface area contributed by atoms with Crippen molar-refractivity contribution in [2.45, 2.75) is 38.3 Å². The first-order valence-electron chi connectivity index (χ1n) is 6.27. The van der Waals surface area contributed by atoms with Gasteiger partial charge in [0, 0.05) is 19.6 Å². The number of nitrogens with two attached hydrogens (primary N) is 1. The number of carbonyl (C=O) groups is 1. The summed E-state index contributed by atoms with van der Waals surface area (Å²) < 4.78 is 0. The lowest BCUT2D eigenvalue weighted by atomic mass is 10.1. The van der Waals surface area contributed by atoms with Crippen molar-refractivity contribution in [3.63, 3.8) is 0 Å². The summed E-state index contributed by atoms with van der Waals surface area (Å²) >= 11 is 1.27. The van der Waals surface area contributed by atoms with E-state index in [1.807, 2.05) is 0 Å². The summed E-state index contributed by atoms with van der Waals surface area (Å²) in [4.78, 5) is 18.3. The lowest BCUT2D eigenvalue weighted by Crippen LogP contribution is -2.39. The number of nitrogens with one attached hydrogen (secondary N) is 1. The van der Waals surface area contributed by atoms with Crippen molar-refractivity contribution in [3.05, 3.63) is 4.88 Å². The fourth-order valence-electron chi connectivity index (χ4n) is 1.77. The number of anilines is 2. The first kappa shape index (κ1) is 14.1. The first-order chi connectivity index (χ1) is 8.76. The largest absolute Gasteiger partial charge is 0.389 e. The molecule has 1 amide bonds. The van der Waals surface area contributed by atoms with Crippen molar-refractivity contribution < 1.29 is 9.90 Å². The highest BCUT2D eigenvalue weighted by molar-refractivity contribution is 7.18. The van der Waals surface area contributed by atoms with Crippen molar-refractivity contribution in [3.8, 4) is 0 Å². The SMILES string of the molecule is CN(CC(C)(C)O)C(=O)c1sc(NC2CC2)nc1N. The predicted octanol–water partition coefficient (Wildman–Crippen LogP) is 1.14. The van der Waals surface area contributed by atoms with Gasteiger partial charge < -0.3 is 21.1 Å². The highest BCUT2D eigenvalue weighted by Gasteiger charge is 2.26. The van der Waals surface area contributed by atoms with Crippen LogP contribution >= 0.6 is 11.3 Å². The summed E-state index contributed by atoms with van der Waals surface area (Å²) in [5.41, 5.74) is 4.86. The molecule has 0 aromatic carbocycles. The molecule has 0 bridgehead atoms. The van der Waals surface area contributed by atoms with E-state index in [4.69, 9.17) is 5.73 Å². The van der Waals surface area contributed by atoms with Crippen LogP contribution in [0.5, 0.6) is 0 Å². The Morgan fingerprint density at radius 2 is 2.26 bits per heavy atom. The summed E-state index contributed by atoms with van der Waals surface area (Å²) in [5, 5.41) is 13.7. The number of nitrogen functional groups attached to an aromatic ring is 1. The molecule has 0 atom stereocenters. The lowest BCUT2D eigenvalue weighted by Gasteiger charge is -2.25. The number of aromatic nitrogens is 1. The maximum absolute atomic E-state index is 12.2. The normalized spacial score (nSPS) is 15.4. The van der Waals surface area contributed by atoms with Crippen LogP contribution in [-0.2, 0) is 0 Å². The summed E-state index contributed by atoms with van der Waals surface area (Å²) in [6, 6.07) is 0.475. The fraction of sp³-hybridized carbons (Fsp3) is 0.667. The second-order valence-corrected chi connectivity index (χ2v) is 6.62. The Hall–Kier alpha value is -1.34. The van der Waals surface area contributed by atoms with Crippen LogP contribution in [0.3, 0.4) is 0 Å². The Morgan fingerprint density at radius 3 is 2.79 bits per heavy atom. The maximum atomic E-state index is 12.2. The number of amides is 1. The molecule has 2 rings (SSSR count). The molecule has 0 unspecified atom stereocenters. The van der Waals surface area contributed by atoms with E-state index in [1.54, 1.807) is 20.9 Å². The molecule has 0 aliphatic heterocycles. The minimum atomic E-state index is -0.932. The first-order valence-corrected chi connectivity index (χ1v) is 7.08. The van der Waals surface area contributed by atoms with Gasteiger partial charge in [-0.25, -0.2) is 4.98 Å². The number of hydrogen-bond donors (Lipinski definition) is 3. The molecule has 0 spiro atoms. The van der Waals surface area contributed by atoms with Crippen molar-refractivity contribution in [1.82, 2.24) is 9.88 Å².